The van der Waals surface area contributed by atoms with Gasteiger partial charge in [0.05, 0.1) is 21.8 Å². The van der Waals surface area contributed by atoms with Gasteiger partial charge in [-0.2, -0.15) is 5.26 Å². The van der Waals surface area contributed by atoms with Crippen molar-refractivity contribution in [2.75, 3.05) is 5.32 Å². The predicted molar refractivity (Wildman–Crippen MR) is 76.2 cm³/mol. The van der Waals surface area contributed by atoms with E-state index in [0.29, 0.717) is 15.7 Å². The van der Waals surface area contributed by atoms with E-state index < -0.39 is 11.6 Å². The number of nitriles is 1. The van der Waals surface area contributed by atoms with Crippen molar-refractivity contribution in [1.29, 1.82) is 5.26 Å². The molecule has 2 aromatic rings. The third-order valence-corrected chi connectivity index (χ3v) is 3.38. The zero-order valence-corrected chi connectivity index (χ0v) is 12.5. The van der Waals surface area contributed by atoms with E-state index >= 15 is 0 Å². The summed E-state index contributed by atoms with van der Waals surface area (Å²) in [6.45, 7) is 0. The van der Waals surface area contributed by atoms with Crippen LogP contribution in [0.15, 0.2) is 39.3 Å². The van der Waals surface area contributed by atoms with Crippen LogP contribution in [-0.2, 0) is 0 Å². The molecule has 0 aliphatic rings. The second kappa shape index (κ2) is 5.68. The monoisotopic (exact) mass is 386 g/mol. The number of rotatable bonds is 2. The van der Waals surface area contributed by atoms with Gasteiger partial charge in [0.15, 0.2) is 0 Å². The number of benzene rings is 2. The lowest BCUT2D eigenvalue weighted by molar-refractivity contribution is 0.598. The van der Waals surface area contributed by atoms with Gasteiger partial charge in [-0.15, -0.1) is 0 Å². The Balaban J connectivity index is 2.39. The highest BCUT2D eigenvalue weighted by Crippen LogP contribution is 2.27. The van der Waals surface area contributed by atoms with Crippen molar-refractivity contribution in [2.24, 2.45) is 0 Å². The first-order valence-corrected chi connectivity index (χ1v) is 6.70. The number of anilines is 2. The van der Waals surface area contributed by atoms with E-state index in [4.69, 9.17) is 5.26 Å². The topological polar surface area (TPSA) is 35.8 Å². The zero-order chi connectivity index (χ0) is 14.0. The van der Waals surface area contributed by atoms with Crippen molar-refractivity contribution in [3.8, 4) is 6.07 Å². The van der Waals surface area contributed by atoms with Crippen LogP contribution in [0.5, 0.6) is 0 Å². The average molecular weight is 388 g/mol. The highest BCUT2D eigenvalue weighted by atomic mass is 79.9. The lowest BCUT2D eigenvalue weighted by atomic mass is 10.2. The number of halogens is 4. The third-order valence-electron chi connectivity index (χ3n) is 2.32. The van der Waals surface area contributed by atoms with Gasteiger partial charge in [0.1, 0.15) is 11.6 Å². The Morgan fingerprint density at radius 2 is 1.74 bits per heavy atom. The van der Waals surface area contributed by atoms with E-state index in [-0.39, 0.29) is 10.2 Å². The van der Waals surface area contributed by atoms with Crippen molar-refractivity contribution in [1.82, 2.24) is 0 Å². The van der Waals surface area contributed by atoms with E-state index in [9.17, 15) is 8.78 Å². The Kier molecular flexibility index (Phi) is 4.17. The van der Waals surface area contributed by atoms with Gasteiger partial charge in [-0.25, -0.2) is 8.78 Å². The summed E-state index contributed by atoms with van der Waals surface area (Å²) >= 11 is 6.15. The molecular weight excluding hydrogens is 382 g/mol. The molecule has 2 nitrogen and oxygen atoms in total. The number of hydrogen-bond donors (Lipinski definition) is 1. The molecule has 0 spiro atoms. The van der Waals surface area contributed by atoms with Crippen LogP contribution in [0.25, 0.3) is 0 Å². The van der Waals surface area contributed by atoms with Crippen LogP contribution in [0.1, 0.15) is 5.56 Å². The molecule has 2 rings (SSSR count). The minimum Gasteiger partial charge on any atom is -0.353 e. The van der Waals surface area contributed by atoms with Crippen LogP contribution in [0.2, 0.25) is 0 Å². The molecule has 19 heavy (non-hydrogen) atoms. The maximum absolute atomic E-state index is 13.7. The molecule has 0 aliphatic heterocycles. The SMILES string of the molecule is N#Cc1cc(Br)cc(Nc2cc(F)c(Br)cc2F)c1. The van der Waals surface area contributed by atoms with Crippen LogP contribution in [-0.4, -0.2) is 0 Å². The smallest absolute Gasteiger partial charge is 0.147 e. The molecule has 0 unspecified atom stereocenters. The second-order valence-corrected chi connectivity index (χ2v) is 5.48. The van der Waals surface area contributed by atoms with Crippen LogP contribution in [0.4, 0.5) is 20.2 Å². The highest BCUT2D eigenvalue weighted by Gasteiger charge is 2.09. The quantitative estimate of drug-likeness (QED) is 0.727. The highest BCUT2D eigenvalue weighted by molar-refractivity contribution is 9.10. The van der Waals surface area contributed by atoms with E-state index in [2.05, 4.69) is 37.2 Å². The van der Waals surface area contributed by atoms with Crippen molar-refractivity contribution < 1.29 is 8.78 Å². The Bertz CT molecular complexity index is 681. The summed E-state index contributed by atoms with van der Waals surface area (Å²) in [5.74, 6) is -1.16. The van der Waals surface area contributed by atoms with Crippen molar-refractivity contribution in [3.05, 3.63) is 56.5 Å². The lowest BCUT2D eigenvalue weighted by Crippen LogP contribution is -1.96. The molecule has 96 valence electrons. The fourth-order valence-corrected chi connectivity index (χ4v) is 2.31. The molecule has 0 aliphatic carbocycles. The maximum atomic E-state index is 13.7. The van der Waals surface area contributed by atoms with Crippen molar-refractivity contribution in [3.63, 3.8) is 0 Å². The van der Waals surface area contributed by atoms with Gasteiger partial charge in [0.25, 0.3) is 0 Å². The zero-order valence-electron chi connectivity index (χ0n) is 9.35. The van der Waals surface area contributed by atoms with Crippen LogP contribution >= 0.6 is 31.9 Å². The predicted octanol–water partition coefficient (Wildman–Crippen LogP) is 5.11. The molecule has 1 N–H and O–H groups in total. The van der Waals surface area contributed by atoms with Crippen molar-refractivity contribution >= 4 is 43.2 Å². The Morgan fingerprint density at radius 1 is 1.00 bits per heavy atom. The fraction of sp³-hybridized carbons (Fsp3) is 0. The molecule has 0 fully saturated rings. The first kappa shape index (κ1) is 14.0. The van der Waals surface area contributed by atoms with Crippen LogP contribution in [0.3, 0.4) is 0 Å². The summed E-state index contributed by atoms with van der Waals surface area (Å²) in [7, 11) is 0. The van der Waals surface area contributed by atoms with E-state index in [1.54, 1.807) is 18.2 Å². The Morgan fingerprint density at radius 3 is 2.42 bits per heavy atom. The van der Waals surface area contributed by atoms with E-state index in [0.717, 1.165) is 12.1 Å². The average Bonchev–Trinajstić information content (AvgIpc) is 2.35. The van der Waals surface area contributed by atoms with Gasteiger partial charge in [0.2, 0.25) is 0 Å². The summed E-state index contributed by atoms with van der Waals surface area (Å²) in [5.41, 5.74) is 0.907. The molecule has 0 atom stereocenters. The third kappa shape index (κ3) is 3.31. The molecule has 0 saturated heterocycles. The first-order valence-electron chi connectivity index (χ1n) is 5.12. The molecule has 0 radical (unpaired) electrons. The van der Waals surface area contributed by atoms with Crippen molar-refractivity contribution in [2.45, 2.75) is 0 Å². The van der Waals surface area contributed by atoms with Gasteiger partial charge < -0.3 is 5.32 Å². The largest absolute Gasteiger partial charge is 0.353 e. The Labute approximate surface area is 125 Å². The van der Waals surface area contributed by atoms with Gasteiger partial charge in [0, 0.05) is 16.2 Å². The number of nitrogens with zero attached hydrogens (tertiary/aromatic N) is 1. The van der Waals surface area contributed by atoms with Gasteiger partial charge in [-0.1, -0.05) is 15.9 Å². The molecular formula is C13H6Br2F2N2. The normalized spacial score (nSPS) is 10.1. The number of nitrogens with one attached hydrogen (secondary N) is 1. The number of hydrogen-bond acceptors (Lipinski definition) is 2. The summed E-state index contributed by atoms with van der Waals surface area (Å²) in [4.78, 5) is 0. The van der Waals surface area contributed by atoms with Gasteiger partial charge in [-0.3, -0.25) is 0 Å². The minimum atomic E-state index is -0.591. The summed E-state index contributed by atoms with van der Waals surface area (Å²) in [6, 6.07) is 8.92. The van der Waals surface area contributed by atoms with E-state index in [1.807, 2.05) is 6.07 Å². The van der Waals surface area contributed by atoms with Gasteiger partial charge in [-0.05, 0) is 40.2 Å². The molecule has 0 heterocycles. The van der Waals surface area contributed by atoms with Crippen LogP contribution < -0.4 is 5.32 Å². The standard InChI is InChI=1S/C13H6Br2F2N2/c14-8-1-7(6-18)2-9(3-8)19-13-5-11(16)10(15)4-12(13)17/h1-5,19H. The summed E-state index contributed by atoms with van der Waals surface area (Å²) < 4.78 is 27.8. The fourth-order valence-electron chi connectivity index (χ4n) is 1.50. The van der Waals surface area contributed by atoms with Crippen LogP contribution in [0, 0.1) is 23.0 Å². The summed E-state index contributed by atoms with van der Waals surface area (Å²) in [6.07, 6.45) is 0. The molecule has 0 bridgehead atoms. The minimum absolute atomic E-state index is 0.00249. The molecule has 0 saturated carbocycles. The van der Waals surface area contributed by atoms with E-state index in [1.165, 1.54) is 0 Å². The molecule has 0 aromatic heterocycles. The molecule has 2 aromatic carbocycles. The van der Waals surface area contributed by atoms with Gasteiger partial charge >= 0.3 is 0 Å². The summed E-state index contributed by atoms with van der Waals surface area (Å²) in [5, 5.41) is 11.6. The lowest BCUT2D eigenvalue weighted by Gasteiger charge is -2.09. The first-order chi connectivity index (χ1) is 8.99. The maximum Gasteiger partial charge on any atom is 0.147 e. The molecule has 6 heteroatoms. The second-order valence-electron chi connectivity index (χ2n) is 3.71. The molecule has 0 amide bonds. The Hall–Kier alpha value is -1.45.